The summed E-state index contributed by atoms with van der Waals surface area (Å²) in [5.41, 5.74) is 2.53. The van der Waals surface area contributed by atoms with Crippen LogP contribution in [0.3, 0.4) is 0 Å². The smallest absolute Gasteiger partial charge is 0.0937 e. The molecule has 4 heteroatoms. The molecule has 0 aliphatic rings. The maximum Gasteiger partial charge on any atom is 0.0937 e. The molecule has 0 aliphatic carbocycles. The molecular formula is C15H19BrN2S. The number of hydrogen-bond donors (Lipinski definition) is 1. The molecule has 19 heavy (non-hydrogen) atoms. The molecule has 1 unspecified atom stereocenters. The summed E-state index contributed by atoms with van der Waals surface area (Å²) in [4.78, 5) is 5.98. The molecule has 1 aromatic carbocycles. The van der Waals surface area contributed by atoms with Gasteiger partial charge in [-0.2, -0.15) is 0 Å². The molecule has 1 aromatic heterocycles. The van der Waals surface area contributed by atoms with Crippen LogP contribution < -0.4 is 5.32 Å². The molecule has 102 valence electrons. The number of rotatable bonds is 5. The second-order valence-corrected chi connectivity index (χ2v) is 6.96. The van der Waals surface area contributed by atoms with Gasteiger partial charge in [-0.05, 0) is 38.6 Å². The van der Waals surface area contributed by atoms with E-state index in [4.69, 9.17) is 0 Å². The molecule has 0 amide bonds. The van der Waals surface area contributed by atoms with Gasteiger partial charge in [0.25, 0.3) is 0 Å². The predicted octanol–water partition coefficient (Wildman–Crippen LogP) is 4.07. The lowest BCUT2D eigenvalue weighted by Crippen LogP contribution is -2.19. The Bertz CT molecular complexity index is 514. The third-order valence-electron chi connectivity index (χ3n) is 3.29. The number of nitrogens with one attached hydrogen (secondary N) is 1. The zero-order valence-corrected chi connectivity index (χ0v) is 13.9. The lowest BCUT2D eigenvalue weighted by molar-refractivity contribution is 0.623. The average Bonchev–Trinajstić information content (AvgIpc) is 2.69. The van der Waals surface area contributed by atoms with Crippen LogP contribution in [0.1, 0.15) is 27.1 Å². The molecule has 1 N–H and O–H groups in total. The lowest BCUT2D eigenvalue weighted by Gasteiger charge is -2.15. The van der Waals surface area contributed by atoms with Crippen LogP contribution in [0.25, 0.3) is 0 Å². The van der Waals surface area contributed by atoms with Gasteiger partial charge in [-0.3, -0.25) is 0 Å². The molecular weight excluding hydrogens is 320 g/mol. The second kappa shape index (κ2) is 6.64. The fourth-order valence-corrected chi connectivity index (χ4v) is 3.40. The van der Waals surface area contributed by atoms with Crippen LogP contribution in [0.4, 0.5) is 0 Å². The average molecular weight is 339 g/mol. The SMILES string of the molecule is CNCC(Cc1nc(C)c(C)s1)c1ccc(Br)cc1. The van der Waals surface area contributed by atoms with Gasteiger partial charge in [0.2, 0.25) is 0 Å². The van der Waals surface area contributed by atoms with Gasteiger partial charge in [-0.1, -0.05) is 28.1 Å². The first-order chi connectivity index (χ1) is 9.10. The number of likely N-dealkylation sites (N-methyl/N-ethyl adjacent to an activating group) is 1. The molecule has 0 bridgehead atoms. The minimum absolute atomic E-state index is 0.475. The van der Waals surface area contributed by atoms with Crippen molar-refractivity contribution in [2.24, 2.45) is 0 Å². The summed E-state index contributed by atoms with van der Waals surface area (Å²) in [6.45, 7) is 5.20. The third kappa shape index (κ3) is 3.88. The quantitative estimate of drug-likeness (QED) is 0.888. The summed E-state index contributed by atoms with van der Waals surface area (Å²) in [6, 6.07) is 8.60. The molecule has 2 rings (SSSR count). The van der Waals surface area contributed by atoms with Gasteiger partial charge in [-0.25, -0.2) is 4.98 Å². The van der Waals surface area contributed by atoms with Crippen molar-refractivity contribution in [3.05, 3.63) is 49.9 Å². The molecule has 0 fully saturated rings. The summed E-state index contributed by atoms with van der Waals surface area (Å²) >= 11 is 5.31. The van der Waals surface area contributed by atoms with E-state index in [0.717, 1.165) is 17.4 Å². The monoisotopic (exact) mass is 338 g/mol. The number of thiazole rings is 1. The highest BCUT2D eigenvalue weighted by atomic mass is 79.9. The van der Waals surface area contributed by atoms with Gasteiger partial charge < -0.3 is 5.32 Å². The van der Waals surface area contributed by atoms with Crippen molar-refractivity contribution in [1.29, 1.82) is 0 Å². The molecule has 0 spiro atoms. The Labute approximate surface area is 127 Å². The molecule has 0 radical (unpaired) electrons. The van der Waals surface area contributed by atoms with Crippen LogP contribution in [0, 0.1) is 13.8 Å². The lowest BCUT2D eigenvalue weighted by atomic mass is 9.96. The van der Waals surface area contributed by atoms with E-state index in [1.165, 1.54) is 21.1 Å². The second-order valence-electron chi connectivity index (χ2n) is 4.76. The predicted molar refractivity (Wildman–Crippen MR) is 86.1 cm³/mol. The largest absolute Gasteiger partial charge is 0.319 e. The Morgan fingerprint density at radius 1 is 1.26 bits per heavy atom. The summed E-state index contributed by atoms with van der Waals surface area (Å²) in [7, 11) is 2.00. The zero-order valence-electron chi connectivity index (χ0n) is 11.5. The van der Waals surface area contributed by atoms with Gasteiger partial charge in [0.05, 0.1) is 10.7 Å². The first-order valence-electron chi connectivity index (χ1n) is 6.43. The normalized spacial score (nSPS) is 12.6. The highest BCUT2D eigenvalue weighted by molar-refractivity contribution is 9.10. The van der Waals surface area contributed by atoms with Crippen molar-refractivity contribution < 1.29 is 0 Å². The number of benzene rings is 1. The minimum atomic E-state index is 0.475. The van der Waals surface area contributed by atoms with E-state index in [0.29, 0.717) is 5.92 Å². The van der Waals surface area contributed by atoms with E-state index < -0.39 is 0 Å². The van der Waals surface area contributed by atoms with Gasteiger partial charge >= 0.3 is 0 Å². The van der Waals surface area contributed by atoms with Gasteiger partial charge in [-0.15, -0.1) is 11.3 Å². The topological polar surface area (TPSA) is 24.9 Å². The molecule has 1 atom stereocenters. The number of hydrogen-bond acceptors (Lipinski definition) is 3. The Kier molecular flexibility index (Phi) is 5.13. The minimum Gasteiger partial charge on any atom is -0.319 e. The van der Waals surface area contributed by atoms with Crippen LogP contribution in [0.15, 0.2) is 28.7 Å². The molecule has 0 saturated carbocycles. The molecule has 0 saturated heterocycles. The van der Waals surface area contributed by atoms with Crippen LogP contribution in [0.2, 0.25) is 0 Å². The number of aromatic nitrogens is 1. The van der Waals surface area contributed by atoms with E-state index in [1.807, 2.05) is 18.4 Å². The Morgan fingerprint density at radius 3 is 2.47 bits per heavy atom. The Balaban J connectivity index is 2.18. The summed E-state index contributed by atoms with van der Waals surface area (Å²) in [5.74, 6) is 0.475. The van der Waals surface area contributed by atoms with Crippen molar-refractivity contribution in [3.63, 3.8) is 0 Å². The van der Waals surface area contributed by atoms with Crippen molar-refractivity contribution in [1.82, 2.24) is 10.3 Å². The van der Waals surface area contributed by atoms with Crippen LogP contribution in [-0.4, -0.2) is 18.6 Å². The van der Waals surface area contributed by atoms with Crippen LogP contribution >= 0.6 is 27.3 Å². The van der Waals surface area contributed by atoms with E-state index in [-0.39, 0.29) is 0 Å². The van der Waals surface area contributed by atoms with Gasteiger partial charge in [0.1, 0.15) is 0 Å². The molecule has 0 aliphatic heterocycles. The number of nitrogens with zero attached hydrogens (tertiary/aromatic N) is 1. The summed E-state index contributed by atoms with van der Waals surface area (Å²) in [5, 5.41) is 4.52. The van der Waals surface area contributed by atoms with Crippen molar-refractivity contribution in [2.75, 3.05) is 13.6 Å². The molecule has 1 heterocycles. The summed E-state index contributed by atoms with van der Waals surface area (Å²) < 4.78 is 1.13. The van der Waals surface area contributed by atoms with Gasteiger partial charge in [0, 0.05) is 28.2 Å². The van der Waals surface area contributed by atoms with Gasteiger partial charge in [0.15, 0.2) is 0 Å². The molecule has 2 nitrogen and oxygen atoms in total. The summed E-state index contributed by atoms with van der Waals surface area (Å²) in [6.07, 6.45) is 1.00. The first kappa shape index (κ1) is 14.7. The standard InChI is InChI=1S/C15H19BrN2S/c1-10-11(2)19-15(18-10)8-13(9-17-3)12-4-6-14(16)7-5-12/h4-7,13,17H,8-9H2,1-3H3. The van der Waals surface area contributed by atoms with Crippen molar-refractivity contribution in [3.8, 4) is 0 Å². The Morgan fingerprint density at radius 2 is 1.95 bits per heavy atom. The fourth-order valence-electron chi connectivity index (χ4n) is 2.13. The highest BCUT2D eigenvalue weighted by Crippen LogP contribution is 2.25. The number of halogens is 1. The zero-order chi connectivity index (χ0) is 13.8. The molecule has 2 aromatic rings. The van der Waals surface area contributed by atoms with Crippen molar-refractivity contribution in [2.45, 2.75) is 26.2 Å². The van der Waals surface area contributed by atoms with Crippen LogP contribution in [-0.2, 0) is 6.42 Å². The number of aryl methyl sites for hydroxylation is 2. The van der Waals surface area contributed by atoms with E-state index in [1.54, 1.807) is 0 Å². The first-order valence-corrected chi connectivity index (χ1v) is 8.04. The highest BCUT2D eigenvalue weighted by Gasteiger charge is 2.14. The van der Waals surface area contributed by atoms with E-state index in [2.05, 4.69) is 64.3 Å². The van der Waals surface area contributed by atoms with E-state index >= 15 is 0 Å². The van der Waals surface area contributed by atoms with E-state index in [9.17, 15) is 0 Å². The maximum absolute atomic E-state index is 4.66. The van der Waals surface area contributed by atoms with Crippen molar-refractivity contribution >= 4 is 27.3 Å². The van der Waals surface area contributed by atoms with Crippen LogP contribution in [0.5, 0.6) is 0 Å². The Hall–Kier alpha value is -0.710. The fraction of sp³-hybridized carbons (Fsp3) is 0.400. The third-order valence-corrected chi connectivity index (χ3v) is 4.91. The maximum atomic E-state index is 4.66.